The van der Waals surface area contributed by atoms with Gasteiger partial charge >= 0.3 is 0 Å². The van der Waals surface area contributed by atoms with Crippen molar-refractivity contribution in [2.75, 3.05) is 0 Å². The molecule has 0 bridgehead atoms. The third kappa shape index (κ3) is 1.65. The van der Waals surface area contributed by atoms with Crippen LogP contribution < -0.4 is 0 Å². The van der Waals surface area contributed by atoms with Gasteiger partial charge in [-0.1, -0.05) is 26.3 Å². The Morgan fingerprint density at radius 3 is 2.75 bits per heavy atom. The zero-order valence-corrected chi connectivity index (χ0v) is 13.2. The Balaban J connectivity index is 1.72. The van der Waals surface area contributed by atoms with E-state index in [2.05, 4.69) is 19.9 Å². The molecule has 0 saturated heterocycles. The molecule has 4 aliphatic rings. The van der Waals surface area contributed by atoms with Crippen LogP contribution in [0.3, 0.4) is 0 Å². The second kappa shape index (κ2) is 4.35. The molecule has 1 nitrogen and oxygen atoms in total. The lowest BCUT2D eigenvalue weighted by Crippen LogP contribution is -2.52. The van der Waals surface area contributed by atoms with Crippen LogP contribution in [0.1, 0.15) is 71.6 Å². The maximum absolute atomic E-state index is 10.7. The lowest BCUT2D eigenvalue weighted by atomic mass is 9.47. The lowest BCUT2D eigenvalue weighted by molar-refractivity contribution is -0.0677. The van der Waals surface area contributed by atoms with Crippen molar-refractivity contribution in [1.29, 1.82) is 0 Å². The van der Waals surface area contributed by atoms with Gasteiger partial charge in [0, 0.05) is 0 Å². The van der Waals surface area contributed by atoms with Crippen LogP contribution in [-0.4, -0.2) is 11.2 Å². The number of fused-ring (bicyclic) bond motifs is 5. The summed E-state index contributed by atoms with van der Waals surface area (Å²) in [6, 6.07) is 0. The second-order valence-corrected chi connectivity index (χ2v) is 8.68. The zero-order valence-electron chi connectivity index (χ0n) is 13.2. The fraction of sp³-hybridized carbons (Fsp3) is 0.895. The maximum atomic E-state index is 10.7. The van der Waals surface area contributed by atoms with Crippen LogP contribution in [0.5, 0.6) is 0 Å². The van der Waals surface area contributed by atoms with Gasteiger partial charge in [-0.2, -0.15) is 0 Å². The van der Waals surface area contributed by atoms with E-state index in [1.54, 1.807) is 0 Å². The topological polar surface area (TPSA) is 20.2 Å². The minimum atomic E-state index is -0.135. The van der Waals surface area contributed by atoms with Gasteiger partial charge in [-0.05, 0) is 85.5 Å². The van der Waals surface area contributed by atoms with E-state index < -0.39 is 0 Å². The van der Waals surface area contributed by atoms with E-state index in [-0.39, 0.29) is 6.10 Å². The number of hydrogen-bond donors (Lipinski definition) is 1. The SMILES string of the molecule is C[C@@]12CCC[C@H]1[C@@H]1C[C@@H](O)C3=CCCC[C@]3(C)[C@H]1CC2. The number of aliphatic hydroxyl groups excluding tert-OH is 1. The summed E-state index contributed by atoms with van der Waals surface area (Å²) in [6.07, 6.45) is 14.3. The van der Waals surface area contributed by atoms with E-state index in [9.17, 15) is 5.11 Å². The molecule has 1 heteroatoms. The van der Waals surface area contributed by atoms with Crippen LogP contribution >= 0.6 is 0 Å². The van der Waals surface area contributed by atoms with Crippen LogP contribution in [0.25, 0.3) is 0 Å². The van der Waals surface area contributed by atoms with Crippen molar-refractivity contribution in [3.05, 3.63) is 11.6 Å². The third-order valence-electron chi connectivity index (χ3n) is 7.82. The highest BCUT2D eigenvalue weighted by molar-refractivity contribution is 5.27. The molecular formula is C19H30O. The lowest BCUT2D eigenvalue weighted by Gasteiger charge is -2.58. The summed E-state index contributed by atoms with van der Waals surface area (Å²) in [5.41, 5.74) is 2.35. The molecule has 4 rings (SSSR count). The molecule has 0 aromatic heterocycles. The van der Waals surface area contributed by atoms with E-state index in [4.69, 9.17) is 0 Å². The van der Waals surface area contributed by atoms with Gasteiger partial charge in [-0.25, -0.2) is 0 Å². The van der Waals surface area contributed by atoms with E-state index in [1.165, 1.54) is 56.9 Å². The highest BCUT2D eigenvalue weighted by Gasteiger charge is 2.57. The van der Waals surface area contributed by atoms with Gasteiger partial charge in [0.2, 0.25) is 0 Å². The molecule has 0 aromatic rings. The molecule has 20 heavy (non-hydrogen) atoms. The highest BCUT2D eigenvalue weighted by Crippen LogP contribution is 2.65. The average Bonchev–Trinajstić information content (AvgIpc) is 2.81. The first kappa shape index (κ1) is 13.4. The predicted octanol–water partition coefficient (Wildman–Crippen LogP) is 4.70. The Labute approximate surface area is 123 Å². The van der Waals surface area contributed by atoms with Crippen LogP contribution in [0.2, 0.25) is 0 Å². The second-order valence-electron chi connectivity index (χ2n) is 8.68. The average molecular weight is 274 g/mol. The normalized spacial score (nSPS) is 54.6. The summed E-state index contributed by atoms with van der Waals surface area (Å²) in [6.45, 7) is 5.03. The minimum absolute atomic E-state index is 0.135. The van der Waals surface area contributed by atoms with Crippen LogP contribution in [0.15, 0.2) is 11.6 Å². The van der Waals surface area contributed by atoms with Crippen molar-refractivity contribution in [3.63, 3.8) is 0 Å². The first-order chi connectivity index (χ1) is 9.55. The minimum Gasteiger partial charge on any atom is -0.389 e. The molecule has 0 aliphatic heterocycles. The molecule has 0 spiro atoms. The molecule has 3 saturated carbocycles. The van der Waals surface area contributed by atoms with Crippen LogP contribution in [0.4, 0.5) is 0 Å². The van der Waals surface area contributed by atoms with Gasteiger partial charge in [0.1, 0.15) is 0 Å². The Morgan fingerprint density at radius 2 is 1.90 bits per heavy atom. The smallest absolute Gasteiger partial charge is 0.0758 e. The first-order valence-electron chi connectivity index (χ1n) is 8.93. The summed E-state index contributed by atoms with van der Waals surface area (Å²) >= 11 is 0. The van der Waals surface area contributed by atoms with E-state index in [0.29, 0.717) is 10.8 Å². The van der Waals surface area contributed by atoms with Gasteiger partial charge in [0.15, 0.2) is 0 Å². The van der Waals surface area contributed by atoms with E-state index >= 15 is 0 Å². The highest BCUT2D eigenvalue weighted by atomic mass is 16.3. The van der Waals surface area contributed by atoms with Gasteiger partial charge in [-0.15, -0.1) is 0 Å². The van der Waals surface area contributed by atoms with Crippen molar-refractivity contribution in [1.82, 2.24) is 0 Å². The number of aliphatic hydroxyl groups is 1. The van der Waals surface area contributed by atoms with Crippen molar-refractivity contribution >= 4 is 0 Å². The summed E-state index contributed by atoms with van der Waals surface area (Å²) in [5.74, 6) is 2.55. The molecular weight excluding hydrogens is 244 g/mol. The Bertz CT molecular complexity index is 439. The Morgan fingerprint density at radius 1 is 1.05 bits per heavy atom. The van der Waals surface area contributed by atoms with Crippen molar-refractivity contribution in [2.45, 2.75) is 77.7 Å². The molecule has 0 unspecified atom stereocenters. The Kier molecular flexibility index (Phi) is 2.91. The quantitative estimate of drug-likeness (QED) is 0.635. The zero-order chi connectivity index (χ0) is 14.0. The number of rotatable bonds is 0. The fourth-order valence-corrected chi connectivity index (χ4v) is 6.81. The van der Waals surface area contributed by atoms with Crippen LogP contribution in [-0.2, 0) is 0 Å². The molecule has 0 amide bonds. The summed E-state index contributed by atoms with van der Waals surface area (Å²) in [5, 5.41) is 10.7. The molecule has 3 fully saturated rings. The van der Waals surface area contributed by atoms with Crippen molar-refractivity contribution < 1.29 is 5.11 Å². The number of hydrogen-bond acceptors (Lipinski definition) is 1. The third-order valence-corrected chi connectivity index (χ3v) is 7.82. The predicted molar refractivity (Wildman–Crippen MR) is 82.3 cm³/mol. The van der Waals surface area contributed by atoms with Gasteiger partial charge < -0.3 is 5.11 Å². The maximum Gasteiger partial charge on any atom is 0.0758 e. The van der Waals surface area contributed by atoms with E-state index in [1.807, 2.05) is 0 Å². The monoisotopic (exact) mass is 274 g/mol. The number of allylic oxidation sites excluding steroid dienone is 1. The molecule has 0 heterocycles. The standard InChI is InChI=1S/C19H30O/c1-18-9-5-7-14(18)13-12-17(20)16-6-3-4-10-19(16,2)15(13)8-11-18/h6,13-15,17,20H,3-5,7-12H2,1-2H3/t13-,14-,15-,17+,18-,19+/m0/s1. The molecule has 112 valence electrons. The van der Waals surface area contributed by atoms with Gasteiger partial charge in [-0.3, -0.25) is 0 Å². The van der Waals surface area contributed by atoms with Crippen molar-refractivity contribution in [2.24, 2.45) is 28.6 Å². The molecule has 0 aromatic carbocycles. The largest absolute Gasteiger partial charge is 0.389 e. The summed E-state index contributed by atoms with van der Waals surface area (Å²) < 4.78 is 0. The summed E-state index contributed by atoms with van der Waals surface area (Å²) in [7, 11) is 0. The summed E-state index contributed by atoms with van der Waals surface area (Å²) in [4.78, 5) is 0. The molecule has 1 N–H and O–H groups in total. The molecule has 0 radical (unpaired) electrons. The Hall–Kier alpha value is -0.300. The van der Waals surface area contributed by atoms with E-state index in [0.717, 1.165) is 24.2 Å². The van der Waals surface area contributed by atoms with Gasteiger partial charge in [0.05, 0.1) is 6.10 Å². The van der Waals surface area contributed by atoms with Crippen LogP contribution in [0, 0.1) is 28.6 Å². The molecule has 4 aliphatic carbocycles. The fourth-order valence-electron chi connectivity index (χ4n) is 6.81. The first-order valence-corrected chi connectivity index (χ1v) is 8.93. The van der Waals surface area contributed by atoms with Gasteiger partial charge in [0.25, 0.3) is 0 Å². The molecule has 6 atom stereocenters. The van der Waals surface area contributed by atoms with Crippen molar-refractivity contribution in [3.8, 4) is 0 Å².